The van der Waals surface area contributed by atoms with E-state index in [4.69, 9.17) is 0 Å². The van der Waals surface area contributed by atoms with Crippen molar-refractivity contribution in [1.82, 2.24) is 10.2 Å². The van der Waals surface area contributed by atoms with E-state index in [1.807, 2.05) is 13.8 Å². The Morgan fingerprint density at radius 1 is 1.14 bits per heavy atom. The minimum Gasteiger partial charge on any atom is -0.277 e. The largest absolute Gasteiger partial charge is 0.331 e. The highest BCUT2D eigenvalue weighted by Gasteiger charge is 2.43. The second kappa shape index (κ2) is 6.03. The van der Waals surface area contributed by atoms with Crippen molar-refractivity contribution in [2.75, 3.05) is 0 Å². The van der Waals surface area contributed by atoms with E-state index in [9.17, 15) is 18.8 Å². The summed E-state index contributed by atoms with van der Waals surface area (Å²) in [6, 6.07) is 4.21. The van der Waals surface area contributed by atoms with Crippen molar-refractivity contribution in [1.29, 1.82) is 0 Å². The zero-order chi connectivity index (χ0) is 15.6. The lowest BCUT2D eigenvalue weighted by molar-refractivity contribution is -0.140. The summed E-state index contributed by atoms with van der Waals surface area (Å²) >= 11 is 0. The van der Waals surface area contributed by atoms with Crippen molar-refractivity contribution in [2.24, 2.45) is 0 Å². The van der Waals surface area contributed by atoms with Crippen LogP contribution in [0.3, 0.4) is 0 Å². The molecule has 1 aromatic rings. The number of benzene rings is 1. The molecule has 1 heterocycles. The molecule has 1 aromatic carbocycles. The van der Waals surface area contributed by atoms with Gasteiger partial charge in [-0.15, -0.1) is 0 Å². The molecule has 21 heavy (non-hydrogen) atoms. The third kappa shape index (κ3) is 2.79. The van der Waals surface area contributed by atoms with Crippen molar-refractivity contribution in [3.63, 3.8) is 0 Å². The maximum Gasteiger partial charge on any atom is 0.331 e. The van der Waals surface area contributed by atoms with Crippen LogP contribution in [0, 0.1) is 5.82 Å². The molecule has 1 N–H and O–H groups in total. The molecule has 2 rings (SSSR count). The number of urea groups is 1. The number of carbonyl (C=O) groups is 3. The molecular formula is C15H17FN2O3. The van der Waals surface area contributed by atoms with E-state index in [0.29, 0.717) is 18.4 Å². The van der Waals surface area contributed by atoms with Gasteiger partial charge in [0.15, 0.2) is 0 Å². The summed E-state index contributed by atoms with van der Waals surface area (Å²) in [5.74, 6) is -2.78. The quantitative estimate of drug-likeness (QED) is 0.865. The Bertz CT molecular complexity index is 567. The average molecular weight is 292 g/mol. The van der Waals surface area contributed by atoms with Gasteiger partial charge < -0.3 is 0 Å². The van der Waals surface area contributed by atoms with E-state index in [0.717, 1.165) is 4.90 Å². The second-order valence-corrected chi connectivity index (χ2v) is 4.96. The van der Waals surface area contributed by atoms with Crippen LogP contribution in [0.4, 0.5) is 9.18 Å². The van der Waals surface area contributed by atoms with E-state index in [1.54, 1.807) is 0 Å². The van der Waals surface area contributed by atoms with Crippen LogP contribution in [-0.4, -0.2) is 28.8 Å². The molecule has 1 unspecified atom stereocenters. The molecule has 0 saturated carbocycles. The number of hydrogen-bond donors (Lipinski definition) is 1. The Labute approximate surface area is 122 Å². The van der Waals surface area contributed by atoms with Gasteiger partial charge in [-0.1, -0.05) is 26.0 Å². The second-order valence-electron chi connectivity index (χ2n) is 4.96. The summed E-state index contributed by atoms with van der Waals surface area (Å²) in [4.78, 5) is 37.5. The van der Waals surface area contributed by atoms with E-state index in [-0.39, 0.29) is 6.04 Å². The summed E-state index contributed by atoms with van der Waals surface area (Å²) in [5.41, 5.74) is 0.377. The number of nitrogens with zero attached hydrogens (tertiary/aromatic N) is 1. The fourth-order valence-electron chi connectivity index (χ4n) is 2.54. The van der Waals surface area contributed by atoms with E-state index in [1.165, 1.54) is 24.3 Å². The van der Waals surface area contributed by atoms with Gasteiger partial charge in [0.2, 0.25) is 11.8 Å². The monoisotopic (exact) mass is 292 g/mol. The van der Waals surface area contributed by atoms with Crippen LogP contribution in [0.2, 0.25) is 0 Å². The first-order valence-corrected chi connectivity index (χ1v) is 6.92. The van der Waals surface area contributed by atoms with Gasteiger partial charge in [-0.25, -0.2) is 9.18 Å². The zero-order valence-electron chi connectivity index (χ0n) is 11.9. The molecule has 0 aliphatic carbocycles. The molecule has 0 radical (unpaired) electrons. The minimum absolute atomic E-state index is 0.256. The van der Waals surface area contributed by atoms with Crippen molar-refractivity contribution in [3.8, 4) is 0 Å². The third-order valence-corrected chi connectivity index (χ3v) is 3.71. The summed E-state index contributed by atoms with van der Waals surface area (Å²) in [7, 11) is 0. The van der Waals surface area contributed by atoms with Crippen molar-refractivity contribution < 1.29 is 18.8 Å². The van der Waals surface area contributed by atoms with Gasteiger partial charge in [0.25, 0.3) is 0 Å². The van der Waals surface area contributed by atoms with Crippen LogP contribution in [-0.2, 0) is 9.59 Å². The number of halogens is 1. The normalized spacial score (nSPS) is 19.1. The summed E-state index contributed by atoms with van der Waals surface area (Å²) in [6.07, 6.45) is 1.22. The highest BCUT2D eigenvalue weighted by Crippen LogP contribution is 2.25. The highest BCUT2D eigenvalue weighted by molar-refractivity contribution is 6.19. The number of carbonyl (C=O) groups excluding carboxylic acids is 3. The average Bonchev–Trinajstić information content (AvgIpc) is 2.45. The number of barbiturate groups is 1. The Morgan fingerprint density at radius 2 is 1.71 bits per heavy atom. The first kappa shape index (κ1) is 15.2. The van der Waals surface area contributed by atoms with Gasteiger partial charge >= 0.3 is 6.03 Å². The smallest absolute Gasteiger partial charge is 0.277 e. The lowest BCUT2D eigenvalue weighted by Gasteiger charge is -2.35. The fourth-order valence-corrected chi connectivity index (χ4v) is 2.54. The predicted octanol–water partition coefficient (Wildman–Crippen LogP) is 2.18. The molecular weight excluding hydrogens is 275 g/mol. The van der Waals surface area contributed by atoms with Gasteiger partial charge in [0.05, 0.1) is 0 Å². The topological polar surface area (TPSA) is 66.5 Å². The summed E-state index contributed by atoms with van der Waals surface area (Å²) < 4.78 is 13.0. The van der Waals surface area contributed by atoms with Gasteiger partial charge in [-0.3, -0.25) is 19.8 Å². The van der Waals surface area contributed by atoms with Crippen LogP contribution in [0.25, 0.3) is 0 Å². The number of rotatable bonds is 4. The number of hydrogen-bond acceptors (Lipinski definition) is 3. The van der Waals surface area contributed by atoms with Crippen LogP contribution < -0.4 is 5.32 Å². The lowest BCUT2D eigenvalue weighted by Crippen LogP contribution is -2.59. The van der Waals surface area contributed by atoms with Crippen molar-refractivity contribution >= 4 is 17.8 Å². The van der Waals surface area contributed by atoms with E-state index >= 15 is 0 Å². The molecule has 1 aliphatic heterocycles. The Kier molecular flexibility index (Phi) is 4.35. The molecule has 4 amide bonds. The minimum atomic E-state index is -1.11. The van der Waals surface area contributed by atoms with Gasteiger partial charge in [0.1, 0.15) is 11.7 Å². The van der Waals surface area contributed by atoms with Crippen LogP contribution in [0.1, 0.15) is 38.2 Å². The van der Waals surface area contributed by atoms with Crippen LogP contribution >= 0.6 is 0 Å². The van der Waals surface area contributed by atoms with E-state index in [2.05, 4.69) is 5.32 Å². The van der Waals surface area contributed by atoms with E-state index < -0.39 is 29.6 Å². The molecule has 5 nitrogen and oxygen atoms in total. The van der Waals surface area contributed by atoms with Gasteiger partial charge in [-0.2, -0.15) is 0 Å². The van der Waals surface area contributed by atoms with Gasteiger partial charge in [0, 0.05) is 6.04 Å². The maximum atomic E-state index is 13.0. The third-order valence-electron chi connectivity index (χ3n) is 3.71. The van der Waals surface area contributed by atoms with Crippen molar-refractivity contribution in [2.45, 2.75) is 38.6 Å². The maximum absolute atomic E-state index is 13.0. The molecule has 1 saturated heterocycles. The molecule has 0 spiro atoms. The Morgan fingerprint density at radius 3 is 2.24 bits per heavy atom. The summed E-state index contributed by atoms with van der Waals surface area (Å²) in [5, 5.41) is 2.21. The number of amides is 4. The first-order valence-electron chi connectivity index (χ1n) is 6.92. The predicted molar refractivity (Wildman–Crippen MR) is 73.9 cm³/mol. The SMILES string of the molecule is CCC(CC)N1C(=O)NC(=O)C(c2ccc(F)cc2)C1=O. The highest BCUT2D eigenvalue weighted by atomic mass is 19.1. The summed E-state index contributed by atoms with van der Waals surface area (Å²) in [6.45, 7) is 3.75. The Hall–Kier alpha value is -2.24. The molecule has 1 aliphatic rings. The van der Waals surface area contributed by atoms with Crippen molar-refractivity contribution in [3.05, 3.63) is 35.6 Å². The van der Waals surface area contributed by atoms with Gasteiger partial charge in [-0.05, 0) is 30.5 Å². The van der Waals surface area contributed by atoms with Crippen LogP contribution in [0.15, 0.2) is 24.3 Å². The first-order chi connectivity index (χ1) is 9.99. The molecule has 1 fully saturated rings. The fraction of sp³-hybridized carbons (Fsp3) is 0.400. The molecule has 1 atom stereocenters. The molecule has 0 bridgehead atoms. The molecule has 6 heteroatoms. The number of nitrogens with one attached hydrogen (secondary N) is 1. The number of imide groups is 2. The zero-order valence-corrected chi connectivity index (χ0v) is 11.9. The molecule has 112 valence electrons. The lowest BCUT2D eigenvalue weighted by atomic mass is 9.93. The standard InChI is InChI=1S/C15H17FN2O3/c1-3-11(4-2)18-14(20)12(13(19)17-15(18)21)9-5-7-10(16)8-6-9/h5-8,11-12H,3-4H2,1-2H3,(H,17,19,21). The van der Waals surface area contributed by atoms with Crippen LogP contribution in [0.5, 0.6) is 0 Å². The molecule has 0 aromatic heterocycles. The Balaban J connectivity index is 2.37.